The van der Waals surface area contributed by atoms with Crippen molar-refractivity contribution in [2.45, 2.75) is 0 Å². The summed E-state index contributed by atoms with van der Waals surface area (Å²) in [6.45, 7) is 0. The quantitative estimate of drug-likeness (QED) is 0.182. The van der Waals surface area contributed by atoms with Crippen LogP contribution in [0.2, 0.25) is 0 Å². The minimum absolute atomic E-state index is 0.848. The Hall–Kier alpha value is -5.96. The number of aromatic nitrogens is 6. The third-order valence-corrected chi connectivity index (χ3v) is 12.7. The summed E-state index contributed by atoms with van der Waals surface area (Å²) in [6.07, 6.45) is 8.39. The summed E-state index contributed by atoms with van der Waals surface area (Å²) in [5.41, 5.74) is 16.2. The molecule has 0 amide bonds. The Bertz CT molecular complexity index is 3110. The molecule has 4 aromatic carbocycles. The molecular weight excluding hydrogens is 796 g/mol. The van der Waals surface area contributed by atoms with Gasteiger partial charge >= 0.3 is 0 Å². The molecule has 5 aromatic heterocycles. The lowest BCUT2D eigenvalue weighted by atomic mass is 10.0. The fraction of sp³-hybridized carbons (Fsp3) is 0.0435. The van der Waals surface area contributed by atoms with Gasteiger partial charge in [0.2, 0.25) is 0 Å². The van der Waals surface area contributed by atoms with E-state index in [4.69, 9.17) is 9.97 Å². The van der Waals surface area contributed by atoms with Gasteiger partial charge in [-0.1, -0.05) is 60.7 Å². The molecule has 8 heteroatoms. The van der Waals surface area contributed by atoms with Gasteiger partial charge in [0.05, 0.1) is 42.8 Å². The number of fused-ring (bicyclic) bond motifs is 14. The molecule has 0 radical (unpaired) electrons. The number of rotatable bonds is 2. The highest BCUT2D eigenvalue weighted by Gasteiger charge is 2.19. The second-order valence-corrected chi connectivity index (χ2v) is 15.6. The highest BCUT2D eigenvalue weighted by molar-refractivity contribution is 9.11. The van der Waals surface area contributed by atoms with Gasteiger partial charge in [-0.05, 0) is 116 Å². The van der Waals surface area contributed by atoms with Crippen molar-refractivity contribution in [3.63, 3.8) is 0 Å². The first kappa shape index (κ1) is 31.6. The van der Waals surface area contributed by atoms with Gasteiger partial charge in [0.25, 0.3) is 0 Å². The van der Waals surface area contributed by atoms with Crippen LogP contribution in [0.25, 0.3) is 112 Å². The number of aromatic amines is 2. The molecule has 0 spiro atoms. The lowest BCUT2D eigenvalue weighted by Gasteiger charge is -2.06. The maximum absolute atomic E-state index is 5.26. The van der Waals surface area contributed by atoms with Crippen molar-refractivity contribution in [1.29, 1.82) is 0 Å². The van der Waals surface area contributed by atoms with Crippen molar-refractivity contribution in [1.82, 2.24) is 29.1 Å². The first-order chi connectivity index (χ1) is 26.4. The van der Waals surface area contributed by atoms with E-state index in [0.717, 1.165) is 76.0 Å². The molecule has 6 nitrogen and oxygen atoms in total. The highest BCUT2D eigenvalue weighted by atomic mass is 79.9. The second kappa shape index (κ2) is 11.8. The van der Waals surface area contributed by atoms with Gasteiger partial charge in [0.1, 0.15) is 0 Å². The number of nitrogens with zero attached hydrogens (tertiary/aromatic N) is 4. The van der Waals surface area contributed by atoms with E-state index in [-0.39, 0.29) is 0 Å². The van der Waals surface area contributed by atoms with E-state index < -0.39 is 0 Å². The van der Waals surface area contributed by atoms with E-state index in [0.29, 0.717) is 0 Å². The molecule has 9 aromatic rings. The van der Waals surface area contributed by atoms with Crippen LogP contribution in [0.5, 0.6) is 0 Å². The van der Waals surface area contributed by atoms with Gasteiger partial charge < -0.3 is 19.1 Å². The summed E-state index contributed by atoms with van der Waals surface area (Å²) in [4.78, 5) is 18.0. The third-order valence-electron chi connectivity index (χ3n) is 11.0. The van der Waals surface area contributed by atoms with E-state index in [2.05, 4.69) is 199 Å². The largest absolute Gasteiger partial charge is 0.354 e. The average molecular weight is 827 g/mol. The molecule has 258 valence electrons. The zero-order valence-corrected chi connectivity index (χ0v) is 32.4. The number of benzene rings is 4. The Morgan fingerprint density at radius 3 is 1.28 bits per heavy atom. The van der Waals surface area contributed by atoms with Crippen LogP contribution in [0, 0.1) is 0 Å². The summed E-state index contributed by atoms with van der Waals surface area (Å²) in [6, 6.07) is 39.1. The third kappa shape index (κ3) is 4.63. The van der Waals surface area contributed by atoms with Crippen LogP contribution < -0.4 is 0 Å². The Kier molecular flexibility index (Phi) is 6.88. The number of para-hydroxylation sites is 2. The lowest BCUT2D eigenvalue weighted by Crippen LogP contribution is -1.90. The molecule has 0 unspecified atom stereocenters. The molecule has 0 fully saturated rings. The molecule has 0 saturated carbocycles. The number of hydrogen-bond acceptors (Lipinski definition) is 2. The average Bonchev–Trinajstić information content (AvgIpc) is 4.07. The number of nitrogens with one attached hydrogen (secondary N) is 2. The van der Waals surface area contributed by atoms with E-state index in [9.17, 15) is 0 Å². The number of aryl methyl sites for hydroxylation is 2. The lowest BCUT2D eigenvalue weighted by molar-refractivity contribution is 1.01. The summed E-state index contributed by atoms with van der Waals surface area (Å²) >= 11 is 7.89. The monoisotopic (exact) mass is 824 g/mol. The highest BCUT2D eigenvalue weighted by Crippen LogP contribution is 2.39. The topological polar surface area (TPSA) is 67.2 Å². The van der Waals surface area contributed by atoms with Crippen molar-refractivity contribution in [3.05, 3.63) is 141 Å². The first-order valence-corrected chi connectivity index (χ1v) is 19.4. The molecule has 0 saturated heterocycles. The van der Waals surface area contributed by atoms with Crippen LogP contribution in [0.4, 0.5) is 0 Å². The molecule has 11 rings (SSSR count). The number of hydrogen-bond donors (Lipinski definition) is 2. The van der Waals surface area contributed by atoms with Gasteiger partial charge in [-0.2, -0.15) is 0 Å². The Morgan fingerprint density at radius 2 is 0.815 bits per heavy atom. The molecule has 54 heavy (non-hydrogen) atoms. The fourth-order valence-electron chi connectivity index (χ4n) is 8.38. The predicted molar refractivity (Wildman–Crippen MR) is 233 cm³/mol. The minimum Gasteiger partial charge on any atom is -0.354 e. The summed E-state index contributed by atoms with van der Waals surface area (Å²) in [5, 5.41) is 4.96. The smallest absolute Gasteiger partial charge is 0.0801 e. The van der Waals surface area contributed by atoms with Crippen LogP contribution in [0.1, 0.15) is 22.8 Å². The fourth-order valence-corrected chi connectivity index (χ4v) is 9.28. The van der Waals surface area contributed by atoms with E-state index >= 15 is 0 Å². The summed E-state index contributed by atoms with van der Waals surface area (Å²) in [7, 11) is 4.27. The van der Waals surface area contributed by atoms with Crippen LogP contribution in [0.15, 0.2) is 118 Å². The second-order valence-electron chi connectivity index (χ2n) is 14.0. The van der Waals surface area contributed by atoms with E-state index in [1.54, 1.807) is 0 Å². The molecule has 0 aliphatic carbocycles. The SMILES string of the molecule is Cn1c2ccccc2c2ccc(-c3c4nc(c(Br)c5ccc([nH]5)c(-c5ccc6c7ccccc7n(C)c6c5)c5nc(c(Br)c6ccc3[nH]6)C=C5)C=C4)cc21. The molecule has 8 bridgehead atoms. The summed E-state index contributed by atoms with van der Waals surface area (Å²) in [5.74, 6) is 0. The Morgan fingerprint density at radius 1 is 0.426 bits per heavy atom. The van der Waals surface area contributed by atoms with Gasteiger partial charge in [0.15, 0.2) is 0 Å². The van der Waals surface area contributed by atoms with Crippen LogP contribution in [0.3, 0.4) is 0 Å². The van der Waals surface area contributed by atoms with E-state index in [1.807, 2.05) is 0 Å². The van der Waals surface area contributed by atoms with Gasteiger partial charge in [-0.25, -0.2) is 9.97 Å². The summed E-state index contributed by atoms with van der Waals surface area (Å²) < 4.78 is 6.32. The number of H-pyrrole nitrogens is 2. The maximum atomic E-state index is 5.26. The maximum Gasteiger partial charge on any atom is 0.0801 e. The molecular formula is C46H30Br2N6. The minimum atomic E-state index is 0.848. The van der Waals surface area contributed by atoms with E-state index in [1.165, 1.54) is 43.6 Å². The molecule has 0 atom stereocenters. The van der Waals surface area contributed by atoms with Crippen molar-refractivity contribution < 1.29 is 0 Å². The van der Waals surface area contributed by atoms with Crippen LogP contribution >= 0.6 is 31.9 Å². The molecule has 2 N–H and O–H groups in total. The normalized spacial score (nSPS) is 12.7. The molecule has 2 aliphatic heterocycles. The predicted octanol–water partition coefficient (Wildman–Crippen LogP) is 12.8. The Labute approximate surface area is 326 Å². The molecule has 2 aliphatic rings. The van der Waals surface area contributed by atoms with Crippen LogP contribution in [-0.4, -0.2) is 29.1 Å². The van der Waals surface area contributed by atoms with Crippen molar-refractivity contribution in [2.24, 2.45) is 14.1 Å². The first-order valence-electron chi connectivity index (χ1n) is 17.8. The molecule has 7 heterocycles. The standard InChI is InChI=1S/C46H30Br2N6/c1-53-39-9-5-3-7-27(39)29-13-11-25(23-41(29)53)43-31-15-19-35(49-31)45(47)37-21-17-33(51-37)44(34-18-22-38(52-34)46(48)36-20-16-32(43)50-36)26-12-14-30-28-8-4-6-10-40(28)54(2)42(30)24-26/h3-24,49,52H,1-2H3. The van der Waals surface area contributed by atoms with Gasteiger partial charge in [-0.3, -0.25) is 0 Å². The van der Waals surface area contributed by atoms with Crippen molar-refractivity contribution >= 4 is 122 Å². The van der Waals surface area contributed by atoms with Crippen molar-refractivity contribution in [2.75, 3.05) is 0 Å². The zero-order chi connectivity index (χ0) is 36.2. The van der Waals surface area contributed by atoms with Gasteiger partial charge in [0, 0.05) is 79.9 Å². The number of halogens is 2. The van der Waals surface area contributed by atoms with Gasteiger partial charge in [-0.15, -0.1) is 0 Å². The van der Waals surface area contributed by atoms with Crippen LogP contribution in [-0.2, 0) is 14.1 Å². The van der Waals surface area contributed by atoms with Crippen molar-refractivity contribution in [3.8, 4) is 22.3 Å². The Balaban J connectivity index is 1.19. The zero-order valence-electron chi connectivity index (χ0n) is 29.2.